The minimum absolute atomic E-state index is 0.549. The van der Waals surface area contributed by atoms with Gasteiger partial charge in [-0.05, 0) is 34.1 Å². The minimum atomic E-state index is -1.73. The van der Waals surface area contributed by atoms with Gasteiger partial charge in [0.25, 0.3) is 0 Å². The normalized spacial score (nSPS) is 14.3. The zero-order valence-corrected chi connectivity index (χ0v) is 55.5. The Morgan fingerprint density at radius 2 is 0.575 bits per heavy atom. The lowest BCUT2D eigenvalue weighted by Gasteiger charge is -2.46. The van der Waals surface area contributed by atoms with Crippen LogP contribution in [0.2, 0.25) is 72.5 Å². The van der Waals surface area contributed by atoms with E-state index < -0.39 is 48.4 Å². The molecule has 0 spiro atoms. The molecule has 0 aromatic heterocycles. The second kappa shape index (κ2) is 31.8. The summed E-state index contributed by atoms with van der Waals surface area (Å²) in [6, 6.07) is 60.8. The smallest absolute Gasteiger partial charge is 0.0867 e. The van der Waals surface area contributed by atoms with Crippen molar-refractivity contribution in [3.8, 4) is 0 Å². The SMILES string of the molecule is CCC[Si](CCC)(CCC)c1ccc(P(c2ccc([Si](CCC)(CCC)CCC)cc2)N(C2CCCCC2)P(c2cccc([Si](CCC)(CCC)CCC)c2)c2cccc([Si](CCC)(CCC)CCC)c2)cc1. The first kappa shape index (κ1) is 62.4. The highest BCUT2D eigenvalue weighted by Gasteiger charge is 2.42. The number of hydrogen-bond donors (Lipinski definition) is 0. The fourth-order valence-corrected chi connectivity index (χ4v) is 43.5. The van der Waals surface area contributed by atoms with E-state index in [1.165, 1.54) is 182 Å². The van der Waals surface area contributed by atoms with Crippen molar-refractivity contribution in [2.45, 2.75) is 271 Å². The first-order chi connectivity index (χ1) is 35.6. The van der Waals surface area contributed by atoms with Gasteiger partial charge >= 0.3 is 0 Å². The van der Waals surface area contributed by atoms with E-state index in [-0.39, 0.29) is 0 Å². The third kappa shape index (κ3) is 15.4. The van der Waals surface area contributed by atoms with Crippen LogP contribution in [0.5, 0.6) is 0 Å². The van der Waals surface area contributed by atoms with Crippen LogP contribution in [-0.4, -0.2) is 42.8 Å². The number of hydrogen-bond acceptors (Lipinski definition) is 1. The summed E-state index contributed by atoms with van der Waals surface area (Å²) >= 11 is 0. The molecule has 406 valence electrons. The number of benzene rings is 4. The molecule has 1 aliphatic carbocycles. The van der Waals surface area contributed by atoms with Crippen molar-refractivity contribution in [2.75, 3.05) is 0 Å². The Hall–Kier alpha value is -1.43. The van der Waals surface area contributed by atoms with E-state index in [0.29, 0.717) is 6.04 Å². The van der Waals surface area contributed by atoms with Crippen molar-refractivity contribution >= 4 is 90.4 Å². The molecule has 0 N–H and O–H groups in total. The molecular weight excluding hydrogens is 981 g/mol. The van der Waals surface area contributed by atoms with Crippen LogP contribution < -0.4 is 42.0 Å². The molecule has 1 nitrogen and oxygen atoms in total. The molecule has 0 unspecified atom stereocenters. The molecule has 1 aliphatic rings. The maximum absolute atomic E-state index is 3.33. The Morgan fingerprint density at radius 1 is 0.315 bits per heavy atom. The molecule has 1 saturated carbocycles. The van der Waals surface area contributed by atoms with Crippen LogP contribution in [0.1, 0.15) is 192 Å². The molecule has 4 aromatic carbocycles. The Kier molecular flexibility index (Phi) is 27.2. The Labute approximate surface area is 459 Å². The second-order valence-electron chi connectivity index (χ2n) is 23.6. The van der Waals surface area contributed by atoms with Crippen molar-refractivity contribution < 1.29 is 0 Å². The fourth-order valence-electron chi connectivity index (χ4n) is 15.3. The summed E-state index contributed by atoms with van der Waals surface area (Å²) in [5.74, 6) is 0. The third-order valence-electron chi connectivity index (χ3n) is 17.9. The van der Waals surface area contributed by atoms with Gasteiger partial charge in [0.1, 0.15) is 0 Å². The van der Waals surface area contributed by atoms with Crippen molar-refractivity contribution in [2.24, 2.45) is 0 Å². The van der Waals surface area contributed by atoms with Gasteiger partial charge < -0.3 is 0 Å². The summed E-state index contributed by atoms with van der Waals surface area (Å²) in [6.45, 7) is 29.6. The zero-order valence-electron chi connectivity index (χ0n) is 49.7. The van der Waals surface area contributed by atoms with Crippen LogP contribution in [0.3, 0.4) is 0 Å². The molecule has 0 amide bonds. The first-order valence-corrected chi connectivity index (χ1v) is 44.5. The summed E-state index contributed by atoms with van der Waals surface area (Å²) in [6.07, 6.45) is 22.4. The van der Waals surface area contributed by atoms with Gasteiger partial charge in [-0.3, -0.25) is 0 Å². The van der Waals surface area contributed by atoms with Gasteiger partial charge in [-0.1, -0.05) is 370 Å². The van der Waals surface area contributed by atoms with E-state index in [2.05, 4.69) is 185 Å². The fraction of sp³-hybridized carbons (Fsp3) is 0.636. The maximum Gasteiger partial charge on any atom is 0.0867 e. The molecule has 5 rings (SSSR count). The van der Waals surface area contributed by atoms with Gasteiger partial charge in [-0.2, -0.15) is 0 Å². The quantitative estimate of drug-likeness (QED) is 0.0328. The number of rotatable bonds is 35. The summed E-state index contributed by atoms with van der Waals surface area (Å²) < 4.78 is 3.33. The highest BCUT2D eigenvalue weighted by Crippen LogP contribution is 2.58. The molecule has 0 radical (unpaired) electrons. The summed E-state index contributed by atoms with van der Waals surface area (Å²) in [7, 11) is -8.46. The van der Waals surface area contributed by atoms with E-state index in [4.69, 9.17) is 0 Å². The van der Waals surface area contributed by atoms with Gasteiger partial charge in [0.15, 0.2) is 0 Å². The van der Waals surface area contributed by atoms with Crippen LogP contribution in [0, 0.1) is 0 Å². The van der Waals surface area contributed by atoms with Gasteiger partial charge in [0.2, 0.25) is 0 Å². The van der Waals surface area contributed by atoms with E-state index in [0.717, 1.165) is 0 Å². The highest BCUT2D eigenvalue weighted by atomic mass is 31.2. The highest BCUT2D eigenvalue weighted by molar-refractivity contribution is 7.84. The molecule has 0 saturated heterocycles. The van der Waals surface area contributed by atoms with Gasteiger partial charge in [0.05, 0.1) is 32.3 Å². The predicted molar refractivity (Wildman–Crippen MR) is 350 cm³/mol. The first-order valence-electron chi connectivity index (χ1n) is 31.4. The lowest BCUT2D eigenvalue weighted by molar-refractivity contribution is 0.355. The number of nitrogens with zero attached hydrogens (tertiary/aromatic N) is 1. The van der Waals surface area contributed by atoms with Crippen LogP contribution in [0.4, 0.5) is 0 Å². The molecule has 0 aliphatic heterocycles. The average Bonchev–Trinajstić information content (AvgIpc) is 3.40. The molecule has 0 bridgehead atoms. The molecule has 1 fully saturated rings. The van der Waals surface area contributed by atoms with Crippen molar-refractivity contribution in [1.29, 1.82) is 0 Å². The van der Waals surface area contributed by atoms with E-state index >= 15 is 0 Å². The van der Waals surface area contributed by atoms with Gasteiger partial charge in [0, 0.05) is 22.2 Å². The Bertz CT molecular complexity index is 1930. The van der Waals surface area contributed by atoms with Crippen molar-refractivity contribution in [3.05, 3.63) is 97.1 Å². The minimum Gasteiger partial charge on any atom is -0.242 e. The zero-order chi connectivity index (χ0) is 52.7. The monoisotopic (exact) mass is 1090 g/mol. The largest absolute Gasteiger partial charge is 0.242 e. The molecule has 0 heterocycles. The Balaban J connectivity index is 1.94. The molecule has 7 heteroatoms. The van der Waals surface area contributed by atoms with Crippen molar-refractivity contribution in [3.63, 3.8) is 0 Å². The molecule has 4 aromatic rings. The van der Waals surface area contributed by atoms with E-state index in [1.54, 1.807) is 42.0 Å². The molecule has 73 heavy (non-hydrogen) atoms. The third-order valence-corrected chi connectivity index (χ3v) is 47.2. The van der Waals surface area contributed by atoms with Gasteiger partial charge in [-0.25, -0.2) is 4.44 Å². The summed E-state index contributed by atoms with van der Waals surface area (Å²) in [5.41, 5.74) is 0. The van der Waals surface area contributed by atoms with Crippen LogP contribution in [0.15, 0.2) is 97.1 Å². The summed E-state index contributed by atoms with van der Waals surface area (Å²) in [5, 5.41) is 13.5. The van der Waals surface area contributed by atoms with Crippen LogP contribution in [-0.2, 0) is 0 Å². The topological polar surface area (TPSA) is 3.24 Å². The predicted octanol–water partition coefficient (Wildman–Crippen LogP) is 18.3. The second-order valence-corrected chi connectivity index (χ2v) is 46.6. The lowest BCUT2D eigenvalue weighted by atomic mass is 9.96. The van der Waals surface area contributed by atoms with Crippen LogP contribution in [0.25, 0.3) is 0 Å². The van der Waals surface area contributed by atoms with Gasteiger partial charge in [-0.15, -0.1) is 0 Å². The van der Waals surface area contributed by atoms with E-state index in [1.807, 2.05) is 0 Å². The molecule has 0 atom stereocenters. The summed E-state index contributed by atoms with van der Waals surface area (Å²) in [4.78, 5) is 0. The van der Waals surface area contributed by atoms with E-state index in [9.17, 15) is 0 Å². The standard InChI is InChI=1S/C66H111NP2Si4/c1-13-44-70(45-14-2,46-15-3)63-40-36-59(37-41-63)68(60-38-42-64(43-39-60)71(47-16-4,48-17-5)49-18-6)67(58-30-26-25-27-31-58)69(61-32-28-34-65(56-61)72(50-19-7,51-20-8)52-21-9)62-33-29-35-66(57-62)73(53-22-10,54-23-11)55-24-12/h28-29,32-43,56-58H,13-27,30-31,44-55H2,1-12H3. The molecular formula is C66H111NP2Si4. The maximum atomic E-state index is 3.33. The van der Waals surface area contributed by atoms with Crippen molar-refractivity contribution in [1.82, 2.24) is 4.44 Å². The Morgan fingerprint density at radius 3 is 0.849 bits per heavy atom. The average molecular weight is 1090 g/mol. The van der Waals surface area contributed by atoms with Crippen LogP contribution >= 0.6 is 16.1 Å². The lowest BCUT2D eigenvalue weighted by Crippen LogP contribution is -2.49.